The summed E-state index contributed by atoms with van der Waals surface area (Å²) in [7, 11) is 0. The van der Waals surface area contributed by atoms with Crippen molar-refractivity contribution in [1.29, 1.82) is 0 Å². The van der Waals surface area contributed by atoms with Crippen LogP contribution in [-0.4, -0.2) is 41.7 Å². The molecule has 18 heavy (non-hydrogen) atoms. The van der Waals surface area contributed by atoms with Crippen LogP contribution in [0.5, 0.6) is 0 Å². The lowest BCUT2D eigenvalue weighted by atomic mass is 10.0. The fourth-order valence-electron chi connectivity index (χ4n) is 2.07. The summed E-state index contributed by atoms with van der Waals surface area (Å²) in [6.07, 6.45) is 3.12. The number of nitrogens with zero attached hydrogens (tertiary/aromatic N) is 2. The van der Waals surface area contributed by atoms with Crippen molar-refractivity contribution in [1.82, 2.24) is 9.88 Å². The Kier molecular flexibility index (Phi) is 4.59. The van der Waals surface area contributed by atoms with Crippen molar-refractivity contribution in [3.05, 3.63) is 11.1 Å². The third kappa shape index (κ3) is 3.43. The van der Waals surface area contributed by atoms with E-state index in [1.54, 1.807) is 11.3 Å². The van der Waals surface area contributed by atoms with E-state index in [0.29, 0.717) is 0 Å². The molecule has 0 unspecified atom stereocenters. The molecule has 102 valence electrons. The summed E-state index contributed by atoms with van der Waals surface area (Å²) in [5.41, 5.74) is 0.124. The minimum atomic E-state index is 0.124. The second-order valence-electron chi connectivity index (χ2n) is 5.35. The van der Waals surface area contributed by atoms with Crippen molar-refractivity contribution in [2.75, 3.05) is 31.6 Å². The van der Waals surface area contributed by atoms with E-state index in [0.717, 1.165) is 44.4 Å². The normalized spacial score (nSPS) is 19.9. The molecule has 0 radical (unpaired) electrons. The van der Waals surface area contributed by atoms with Gasteiger partial charge in [-0.1, -0.05) is 6.92 Å². The lowest BCUT2D eigenvalue weighted by Crippen LogP contribution is -2.52. The zero-order valence-corrected chi connectivity index (χ0v) is 12.3. The molecule has 0 aliphatic carbocycles. The molecule has 1 aliphatic heterocycles. The first kappa shape index (κ1) is 13.8. The molecule has 1 aromatic heterocycles. The van der Waals surface area contributed by atoms with Crippen molar-refractivity contribution in [3.63, 3.8) is 0 Å². The predicted octanol–water partition coefficient (Wildman–Crippen LogP) is 2.58. The van der Waals surface area contributed by atoms with Gasteiger partial charge in [-0.15, -0.1) is 11.3 Å². The largest absolute Gasteiger partial charge is 0.378 e. The van der Waals surface area contributed by atoms with E-state index < -0.39 is 0 Å². The number of hydrogen-bond donors (Lipinski definition) is 1. The molecule has 1 saturated heterocycles. The van der Waals surface area contributed by atoms with Gasteiger partial charge in [0.25, 0.3) is 0 Å². The molecule has 2 rings (SSSR count). The number of ether oxygens (including phenoxy) is 1. The molecule has 1 fully saturated rings. The van der Waals surface area contributed by atoms with Crippen LogP contribution in [0.4, 0.5) is 5.13 Å². The third-order valence-corrected chi connectivity index (χ3v) is 4.18. The Morgan fingerprint density at radius 2 is 2.39 bits per heavy atom. The van der Waals surface area contributed by atoms with E-state index >= 15 is 0 Å². The molecule has 0 saturated carbocycles. The molecule has 0 spiro atoms. The maximum Gasteiger partial charge on any atom is 0.182 e. The average molecular weight is 269 g/mol. The maximum atomic E-state index is 5.54. The van der Waals surface area contributed by atoms with E-state index in [-0.39, 0.29) is 5.54 Å². The lowest BCUT2D eigenvalue weighted by Gasteiger charge is -2.41. The highest BCUT2D eigenvalue weighted by atomic mass is 32.1. The Morgan fingerprint density at radius 1 is 1.56 bits per heavy atom. The second kappa shape index (κ2) is 5.99. The van der Waals surface area contributed by atoms with Crippen LogP contribution >= 0.6 is 11.3 Å². The topological polar surface area (TPSA) is 37.4 Å². The van der Waals surface area contributed by atoms with Gasteiger partial charge in [0.1, 0.15) is 0 Å². The van der Waals surface area contributed by atoms with Gasteiger partial charge in [-0.2, -0.15) is 0 Å². The molecule has 4 nitrogen and oxygen atoms in total. The van der Waals surface area contributed by atoms with Crippen molar-refractivity contribution >= 4 is 16.5 Å². The monoisotopic (exact) mass is 269 g/mol. The first-order chi connectivity index (χ1) is 8.62. The Bertz CT molecular complexity index is 378. The molecular formula is C13H23N3OS. The summed E-state index contributed by atoms with van der Waals surface area (Å²) >= 11 is 1.76. The smallest absolute Gasteiger partial charge is 0.182 e. The highest BCUT2D eigenvalue weighted by Crippen LogP contribution is 2.25. The van der Waals surface area contributed by atoms with Gasteiger partial charge in [0, 0.05) is 36.2 Å². The summed E-state index contributed by atoms with van der Waals surface area (Å²) in [4.78, 5) is 8.22. The van der Waals surface area contributed by atoms with Crippen molar-refractivity contribution in [2.24, 2.45) is 0 Å². The van der Waals surface area contributed by atoms with Crippen LogP contribution < -0.4 is 5.32 Å². The van der Waals surface area contributed by atoms with Crippen LogP contribution in [-0.2, 0) is 11.3 Å². The Morgan fingerprint density at radius 3 is 3.11 bits per heavy atom. The molecule has 5 heteroatoms. The van der Waals surface area contributed by atoms with Crippen LogP contribution in [0.2, 0.25) is 0 Å². The van der Waals surface area contributed by atoms with Gasteiger partial charge < -0.3 is 10.1 Å². The molecule has 2 heterocycles. The van der Waals surface area contributed by atoms with Crippen LogP contribution in [0.15, 0.2) is 6.20 Å². The Hall–Kier alpha value is -0.650. The molecular weight excluding hydrogens is 246 g/mol. The van der Waals surface area contributed by atoms with Crippen LogP contribution in [0, 0.1) is 0 Å². The first-order valence-electron chi connectivity index (χ1n) is 6.63. The van der Waals surface area contributed by atoms with E-state index in [1.165, 1.54) is 4.88 Å². The van der Waals surface area contributed by atoms with Gasteiger partial charge in [-0.25, -0.2) is 4.98 Å². The number of thiazole rings is 1. The van der Waals surface area contributed by atoms with E-state index in [2.05, 4.69) is 36.0 Å². The summed E-state index contributed by atoms with van der Waals surface area (Å²) < 4.78 is 5.54. The zero-order chi connectivity index (χ0) is 13.0. The minimum absolute atomic E-state index is 0.124. The van der Waals surface area contributed by atoms with Crippen LogP contribution in [0.3, 0.4) is 0 Å². The summed E-state index contributed by atoms with van der Waals surface area (Å²) in [5, 5.41) is 4.38. The maximum absolute atomic E-state index is 5.54. The molecule has 0 amide bonds. The van der Waals surface area contributed by atoms with Gasteiger partial charge in [-0.3, -0.25) is 4.90 Å². The van der Waals surface area contributed by atoms with Crippen molar-refractivity contribution in [2.45, 2.75) is 39.3 Å². The number of rotatable bonds is 5. The molecule has 0 aromatic carbocycles. The first-order valence-corrected chi connectivity index (χ1v) is 7.45. The summed E-state index contributed by atoms with van der Waals surface area (Å²) in [5.74, 6) is 0. The van der Waals surface area contributed by atoms with Crippen molar-refractivity contribution < 1.29 is 4.74 Å². The fraction of sp³-hybridized carbons (Fsp3) is 0.769. The number of anilines is 1. The van der Waals surface area contributed by atoms with Crippen LogP contribution in [0.25, 0.3) is 0 Å². The molecule has 1 aliphatic rings. The van der Waals surface area contributed by atoms with E-state index in [4.69, 9.17) is 4.74 Å². The van der Waals surface area contributed by atoms with Gasteiger partial charge >= 0.3 is 0 Å². The molecule has 1 N–H and O–H groups in total. The van der Waals surface area contributed by atoms with E-state index in [9.17, 15) is 0 Å². The quantitative estimate of drug-likeness (QED) is 0.891. The SMILES string of the molecule is CCCNc1ncc(CN2CCOCC2(C)C)s1. The highest BCUT2D eigenvalue weighted by molar-refractivity contribution is 7.15. The van der Waals surface area contributed by atoms with Gasteiger partial charge in [0.2, 0.25) is 0 Å². The predicted molar refractivity (Wildman–Crippen MR) is 76.2 cm³/mol. The summed E-state index contributed by atoms with van der Waals surface area (Å²) in [6.45, 7) is 11.3. The zero-order valence-electron chi connectivity index (χ0n) is 11.5. The third-order valence-electron chi connectivity index (χ3n) is 3.24. The second-order valence-corrected chi connectivity index (χ2v) is 6.46. The fourth-order valence-corrected chi connectivity index (χ4v) is 2.92. The number of nitrogens with one attached hydrogen (secondary N) is 1. The minimum Gasteiger partial charge on any atom is -0.378 e. The number of hydrogen-bond acceptors (Lipinski definition) is 5. The lowest BCUT2D eigenvalue weighted by molar-refractivity contribution is -0.0548. The number of aromatic nitrogens is 1. The summed E-state index contributed by atoms with van der Waals surface area (Å²) in [6, 6.07) is 0. The Balaban J connectivity index is 1.94. The number of morpholine rings is 1. The van der Waals surface area contributed by atoms with Gasteiger partial charge in [0.15, 0.2) is 5.13 Å². The van der Waals surface area contributed by atoms with E-state index in [1.807, 2.05) is 6.20 Å². The van der Waals surface area contributed by atoms with Crippen molar-refractivity contribution in [3.8, 4) is 0 Å². The molecule has 1 aromatic rings. The van der Waals surface area contributed by atoms with Gasteiger partial charge in [-0.05, 0) is 20.3 Å². The standard InChI is InChI=1S/C13H23N3OS/c1-4-5-14-12-15-8-11(18-12)9-16-6-7-17-10-13(16,2)3/h8H,4-7,9-10H2,1-3H3,(H,14,15). The average Bonchev–Trinajstić information content (AvgIpc) is 2.77. The van der Waals surface area contributed by atoms with Gasteiger partial charge in [0.05, 0.1) is 13.2 Å². The van der Waals surface area contributed by atoms with Crippen LogP contribution in [0.1, 0.15) is 32.1 Å². The molecule has 0 bridgehead atoms. The molecule has 0 atom stereocenters. The Labute approximate surface area is 113 Å². The highest BCUT2D eigenvalue weighted by Gasteiger charge is 2.30.